The van der Waals surface area contributed by atoms with Crippen LogP contribution in [0.1, 0.15) is 65.2 Å². The molecule has 0 bridgehead atoms. The standard InChI is InChI=1S/C18H30O4/c1-14(2)13-16-8-6-15(7-9-16)5-3-4-12-22-18(21)11-10-17(19)20/h10-11,14-16H,3-9,12-13H2,1-2H3,(H,19,20)/b11-10+. The van der Waals surface area contributed by atoms with Crippen LogP contribution in [0.3, 0.4) is 0 Å². The average Bonchev–Trinajstić information content (AvgIpc) is 2.46. The lowest BCUT2D eigenvalue weighted by Crippen LogP contribution is -2.16. The van der Waals surface area contributed by atoms with Gasteiger partial charge in [0.05, 0.1) is 6.61 Å². The Morgan fingerprint density at radius 3 is 2.32 bits per heavy atom. The van der Waals surface area contributed by atoms with E-state index in [2.05, 4.69) is 13.8 Å². The first-order chi connectivity index (χ1) is 10.5. The number of unbranched alkanes of at least 4 members (excludes halogenated alkanes) is 1. The van der Waals surface area contributed by atoms with E-state index < -0.39 is 11.9 Å². The fraction of sp³-hybridized carbons (Fsp3) is 0.778. The van der Waals surface area contributed by atoms with E-state index in [1.54, 1.807) is 0 Å². The summed E-state index contributed by atoms with van der Waals surface area (Å²) >= 11 is 0. The van der Waals surface area contributed by atoms with Crippen LogP contribution in [0.25, 0.3) is 0 Å². The number of carboxylic acids is 1. The lowest BCUT2D eigenvalue weighted by molar-refractivity contribution is -0.138. The zero-order valence-corrected chi connectivity index (χ0v) is 13.9. The van der Waals surface area contributed by atoms with E-state index in [4.69, 9.17) is 9.84 Å². The van der Waals surface area contributed by atoms with Gasteiger partial charge in [0, 0.05) is 12.2 Å². The van der Waals surface area contributed by atoms with Crippen molar-refractivity contribution in [3.05, 3.63) is 12.2 Å². The number of hydrogen-bond donors (Lipinski definition) is 1. The molecule has 0 aromatic rings. The van der Waals surface area contributed by atoms with E-state index in [-0.39, 0.29) is 0 Å². The van der Waals surface area contributed by atoms with Crippen LogP contribution >= 0.6 is 0 Å². The van der Waals surface area contributed by atoms with Crippen LogP contribution in [0, 0.1) is 17.8 Å². The Labute approximate surface area is 133 Å². The number of hydrogen-bond acceptors (Lipinski definition) is 3. The molecule has 0 radical (unpaired) electrons. The van der Waals surface area contributed by atoms with Gasteiger partial charge in [-0.05, 0) is 37.0 Å². The van der Waals surface area contributed by atoms with Gasteiger partial charge in [0.1, 0.15) is 0 Å². The molecule has 0 spiro atoms. The molecule has 126 valence electrons. The highest BCUT2D eigenvalue weighted by Gasteiger charge is 2.21. The third kappa shape index (κ3) is 8.85. The van der Waals surface area contributed by atoms with Crippen LogP contribution < -0.4 is 0 Å². The number of rotatable bonds is 9. The number of carbonyl (C=O) groups excluding carboxylic acids is 1. The topological polar surface area (TPSA) is 63.6 Å². The third-order valence-electron chi connectivity index (χ3n) is 4.38. The molecular weight excluding hydrogens is 280 g/mol. The van der Waals surface area contributed by atoms with Crippen LogP contribution in [0.2, 0.25) is 0 Å². The van der Waals surface area contributed by atoms with Gasteiger partial charge in [-0.3, -0.25) is 0 Å². The van der Waals surface area contributed by atoms with E-state index in [1.807, 2.05) is 0 Å². The number of carboxylic acid groups (broad SMARTS) is 1. The second-order valence-corrected chi connectivity index (χ2v) is 6.85. The summed E-state index contributed by atoms with van der Waals surface area (Å²) in [6, 6.07) is 0. The van der Waals surface area contributed by atoms with Crippen molar-refractivity contribution >= 4 is 11.9 Å². The quantitative estimate of drug-likeness (QED) is 0.394. The van der Waals surface area contributed by atoms with Gasteiger partial charge in [0.15, 0.2) is 0 Å². The van der Waals surface area contributed by atoms with Crippen molar-refractivity contribution in [3.8, 4) is 0 Å². The SMILES string of the molecule is CC(C)CC1CCC(CCCCOC(=O)/C=C/C(=O)O)CC1. The first-order valence-electron chi connectivity index (χ1n) is 8.55. The minimum Gasteiger partial charge on any atom is -0.478 e. The van der Waals surface area contributed by atoms with Crippen LogP contribution in [-0.2, 0) is 14.3 Å². The zero-order valence-electron chi connectivity index (χ0n) is 13.9. The highest BCUT2D eigenvalue weighted by atomic mass is 16.5. The molecule has 4 nitrogen and oxygen atoms in total. The molecule has 1 fully saturated rings. The molecule has 1 rings (SSSR count). The summed E-state index contributed by atoms with van der Waals surface area (Å²) in [4.78, 5) is 21.4. The number of ether oxygens (including phenoxy) is 1. The van der Waals surface area contributed by atoms with Crippen molar-refractivity contribution in [3.63, 3.8) is 0 Å². The van der Waals surface area contributed by atoms with Crippen LogP contribution in [0.15, 0.2) is 12.2 Å². The van der Waals surface area contributed by atoms with Crippen LogP contribution in [0.4, 0.5) is 0 Å². The summed E-state index contributed by atoms with van der Waals surface area (Å²) in [5.41, 5.74) is 0. The monoisotopic (exact) mass is 310 g/mol. The number of aliphatic carboxylic acids is 1. The van der Waals surface area contributed by atoms with Crippen molar-refractivity contribution in [1.82, 2.24) is 0 Å². The molecule has 22 heavy (non-hydrogen) atoms. The van der Waals surface area contributed by atoms with E-state index >= 15 is 0 Å². The normalized spacial score (nSPS) is 22.1. The maximum atomic E-state index is 11.2. The Hall–Kier alpha value is -1.32. The van der Waals surface area contributed by atoms with Gasteiger partial charge in [-0.2, -0.15) is 0 Å². The maximum Gasteiger partial charge on any atom is 0.331 e. The fourth-order valence-corrected chi connectivity index (χ4v) is 3.32. The zero-order chi connectivity index (χ0) is 16.4. The van der Waals surface area contributed by atoms with E-state index in [0.29, 0.717) is 6.61 Å². The number of carbonyl (C=O) groups is 2. The van der Waals surface area contributed by atoms with Gasteiger partial charge in [-0.25, -0.2) is 9.59 Å². The highest BCUT2D eigenvalue weighted by Crippen LogP contribution is 2.34. The summed E-state index contributed by atoms with van der Waals surface area (Å²) in [5.74, 6) is 0.872. The van der Waals surface area contributed by atoms with Gasteiger partial charge in [0.25, 0.3) is 0 Å². The molecule has 1 aliphatic carbocycles. The molecule has 0 amide bonds. The van der Waals surface area contributed by atoms with Crippen molar-refractivity contribution < 1.29 is 19.4 Å². The fourth-order valence-electron chi connectivity index (χ4n) is 3.32. The summed E-state index contributed by atoms with van der Waals surface area (Å²) in [7, 11) is 0. The predicted octanol–water partition coefficient (Wildman–Crippen LogP) is 4.19. The molecule has 0 aromatic carbocycles. The van der Waals surface area contributed by atoms with E-state index in [9.17, 15) is 9.59 Å². The summed E-state index contributed by atoms with van der Waals surface area (Å²) in [6.07, 6.45) is 11.7. The first kappa shape index (κ1) is 18.7. The molecule has 0 heterocycles. The molecule has 4 heteroatoms. The molecule has 0 saturated heterocycles. The lowest BCUT2D eigenvalue weighted by Gasteiger charge is -2.29. The maximum absolute atomic E-state index is 11.2. The largest absolute Gasteiger partial charge is 0.478 e. The molecule has 1 N–H and O–H groups in total. The minimum atomic E-state index is -1.13. The van der Waals surface area contributed by atoms with Gasteiger partial charge in [-0.1, -0.05) is 46.0 Å². The lowest BCUT2D eigenvalue weighted by atomic mass is 9.77. The second-order valence-electron chi connectivity index (χ2n) is 6.85. The summed E-state index contributed by atoms with van der Waals surface area (Å²) < 4.78 is 4.95. The Morgan fingerprint density at radius 1 is 1.09 bits per heavy atom. The van der Waals surface area contributed by atoms with Gasteiger partial charge in [0.2, 0.25) is 0 Å². The molecule has 1 aliphatic rings. The second kappa shape index (κ2) is 10.4. The third-order valence-corrected chi connectivity index (χ3v) is 4.38. The van der Waals surface area contributed by atoms with Crippen molar-refractivity contribution in [2.45, 2.75) is 65.2 Å². The minimum absolute atomic E-state index is 0.380. The predicted molar refractivity (Wildman–Crippen MR) is 86.5 cm³/mol. The first-order valence-corrected chi connectivity index (χ1v) is 8.55. The average molecular weight is 310 g/mol. The van der Waals surface area contributed by atoms with Crippen molar-refractivity contribution in [1.29, 1.82) is 0 Å². The number of esters is 1. The Morgan fingerprint density at radius 2 is 1.73 bits per heavy atom. The van der Waals surface area contributed by atoms with E-state index in [1.165, 1.54) is 38.5 Å². The molecule has 0 aromatic heterocycles. The van der Waals surface area contributed by atoms with Gasteiger partial charge >= 0.3 is 11.9 Å². The molecule has 0 atom stereocenters. The van der Waals surface area contributed by atoms with Gasteiger partial charge < -0.3 is 9.84 Å². The van der Waals surface area contributed by atoms with Crippen LogP contribution in [0.5, 0.6) is 0 Å². The summed E-state index contributed by atoms with van der Waals surface area (Å²) in [6.45, 7) is 4.99. The van der Waals surface area contributed by atoms with Crippen molar-refractivity contribution in [2.24, 2.45) is 17.8 Å². The Kier molecular flexibility index (Phi) is 8.86. The smallest absolute Gasteiger partial charge is 0.331 e. The molecular formula is C18H30O4. The van der Waals surface area contributed by atoms with Gasteiger partial charge in [-0.15, -0.1) is 0 Å². The Balaban J connectivity index is 2.02. The summed E-state index contributed by atoms with van der Waals surface area (Å²) in [5, 5.41) is 8.39. The molecule has 0 unspecified atom stereocenters. The molecule has 1 saturated carbocycles. The van der Waals surface area contributed by atoms with E-state index in [0.717, 1.165) is 42.7 Å². The van der Waals surface area contributed by atoms with Crippen LogP contribution in [-0.4, -0.2) is 23.7 Å². The Bertz CT molecular complexity index is 365. The molecule has 0 aliphatic heterocycles. The highest BCUT2D eigenvalue weighted by molar-refractivity contribution is 5.90. The van der Waals surface area contributed by atoms with Crippen molar-refractivity contribution in [2.75, 3.05) is 6.61 Å².